The molecule has 0 radical (unpaired) electrons. The maximum atomic E-state index is 9.41. The molecular weight excluding hydrogens is 358 g/mol. The first-order chi connectivity index (χ1) is 13.5. The standard InChI is InChI=1S/C24H23N5/c1-23(2,3)20-9-8-15-17(27-20)12-21(24(4,5)6)29-19-11-16(26-7)14(13-25)10-18(19)28-22(15)29/h8-12H,1-6H3. The van der Waals surface area contributed by atoms with E-state index >= 15 is 0 Å². The predicted octanol–water partition coefficient (Wildman–Crippen LogP) is 6.05. The Morgan fingerprint density at radius 2 is 1.69 bits per heavy atom. The predicted molar refractivity (Wildman–Crippen MR) is 116 cm³/mol. The Morgan fingerprint density at radius 1 is 0.966 bits per heavy atom. The molecule has 0 amide bonds. The molecule has 0 fully saturated rings. The zero-order valence-corrected chi connectivity index (χ0v) is 17.6. The van der Waals surface area contributed by atoms with Gasteiger partial charge in [-0.1, -0.05) is 41.5 Å². The summed E-state index contributed by atoms with van der Waals surface area (Å²) in [5.41, 5.74) is 5.88. The summed E-state index contributed by atoms with van der Waals surface area (Å²) in [4.78, 5) is 13.4. The molecule has 29 heavy (non-hydrogen) atoms. The van der Waals surface area contributed by atoms with E-state index in [-0.39, 0.29) is 10.8 Å². The Kier molecular flexibility index (Phi) is 3.93. The molecule has 144 valence electrons. The summed E-state index contributed by atoms with van der Waals surface area (Å²) in [6, 6.07) is 11.9. The van der Waals surface area contributed by atoms with E-state index in [0.29, 0.717) is 16.8 Å². The first-order valence-electron chi connectivity index (χ1n) is 9.63. The van der Waals surface area contributed by atoms with Crippen LogP contribution >= 0.6 is 0 Å². The smallest absolute Gasteiger partial charge is 0.206 e. The van der Waals surface area contributed by atoms with Crippen LogP contribution < -0.4 is 0 Å². The van der Waals surface area contributed by atoms with E-state index in [1.54, 1.807) is 12.1 Å². The molecule has 0 atom stereocenters. The van der Waals surface area contributed by atoms with E-state index in [2.05, 4.69) is 75.1 Å². The molecule has 0 spiro atoms. The van der Waals surface area contributed by atoms with Gasteiger partial charge in [-0.3, -0.25) is 9.38 Å². The molecule has 3 aromatic heterocycles. The van der Waals surface area contributed by atoms with Gasteiger partial charge in [0.2, 0.25) is 5.69 Å². The van der Waals surface area contributed by atoms with Gasteiger partial charge in [-0.25, -0.2) is 9.83 Å². The lowest BCUT2D eigenvalue weighted by atomic mass is 9.89. The molecule has 0 saturated carbocycles. The second-order valence-corrected chi connectivity index (χ2v) is 9.51. The molecule has 0 aliphatic heterocycles. The third-order valence-corrected chi connectivity index (χ3v) is 5.23. The minimum atomic E-state index is -0.161. The lowest BCUT2D eigenvalue weighted by Gasteiger charge is -2.23. The summed E-state index contributed by atoms with van der Waals surface area (Å²) < 4.78 is 2.12. The number of hydrogen-bond donors (Lipinski definition) is 0. The van der Waals surface area contributed by atoms with Crippen molar-refractivity contribution in [2.75, 3.05) is 0 Å². The summed E-state index contributed by atoms with van der Waals surface area (Å²) in [5.74, 6) is 0. The second kappa shape index (κ2) is 6.03. The molecule has 0 unspecified atom stereocenters. The Morgan fingerprint density at radius 3 is 2.28 bits per heavy atom. The highest BCUT2D eigenvalue weighted by Gasteiger charge is 2.24. The van der Waals surface area contributed by atoms with E-state index in [4.69, 9.17) is 16.5 Å². The Balaban J connectivity index is 2.23. The van der Waals surface area contributed by atoms with Crippen LogP contribution in [0.3, 0.4) is 0 Å². The number of nitriles is 1. The molecule has 0 aliphatic carbocycles. The first kappa shape index (κ1) is 18.9. The van der Waals surface area contributed by atoms with Gasteiger partial charge < -0.3 is 0 Å². The lowest BCUT2D eigenvalue weighted by molar-refractivity contribution is 0.562. The van der Waals surface area contributed by atoms with Gasteiger partial charge in [0.05, 0.1) is 34.8 Å². The molecule has 5 nitrogen and oxygen atoms in total. The number of benzene rings is 1. The number of pyridine rings is 2. The van der Waals surface area contributed by atoms with E-state index in [1.807, 2.05) is 0 Å². The van der Waals surface area contributed by atoms with E-state index in [9.17, 15) is 5.26 Å². The highest BCUT2D eigenvalue weighted by atomic mass is 15.0. The second-order valence-electron chi connectivity index (χ2n) is 9.51. The number of aromatic nitrogens is 3. The van der Waals surface area contributed by atoms with Gasteiger partial charge in [-0.2, -0.15) is 5.26 Å². The van der Waals surface area contributed by atoms with Gasteiger partial charge in [0.25, 0.3) is 0 Å². The summed E-state index contributed by atoms with van der Waals surface area (Å²) in [7, 11) is 0. The van der Waals surface area contributed by atoms with Crippen molar-refractivity contribution >= 4 is 33.3 Å². The minimum absolute atomic E-state index is 0.0470. The summed E-state index contributed by atoms with van der Waals surface area (Å²) in [5, 5.41) is 10.4. The monoisotopic (exact) mass is 381 g/mol. The SMILES string of the molecule is [C-]#[N+]c1cc2c(cc1C#N)nc1c3ccc(C(C)(C)C)nc3cc(C(C)(C)C)n21. The fourth-order valence-electron chi connectivity index (χ4n) is 3.66. The molecular formula is C24H23N5. The molecule has 5 heteroatoms. The van der Waals surface area contributed by atoms with Crippen LogP contribution in [0.4, 0.5) is 5.69 Å². The van der Waals surface area contributed by atoms with Crippen molar-refractivity contribution in [2.24, 2.45) is 0 Å². The molecule has 4 rings (SSSR count). The van der Waals surface area contributed by atoms with Crippen molar-refractivity contribution in [1.82, 2.24) is 14.4 Å². The first-order valence-corrected chi connectivity index (χ1v) is 9.63. The van der Waals surface area contributed by atoms with Crippen molar-refractivity contribution in [1.29, 1.82) is 5.26 Å². The van der Waals surface area contributed by atoms with Gasteiger partial charge in [-0.15, -0.1) is 0 Å². The van der Waals surface area contributed by atoms with Crippen LogP contribution in [0.5, 0.6) is 0 Å². The summed E-state index contributed by atoms with van der Waals surface area (Å²) in [6.45, 7) is 20.4. The fourth-order valence-corrected chi connectivity index (χ4v) is 3.66. The van der Waals surface area contributed by atoms with Gasteiger partial charge in [0, 0.05) is 27.6 Å². The molecule has 4 aromatic rings. The number of fused-ring (bicyclic) bond motifs is 5. The quantitative estimate of drug-likeness (QED) is 0.348. The fraction of sp³-hybridized carbons (Fsp3) is 0.333. The normalized spacial score (nSPS) is 12.4. The molecule has 3 heterocycles. The number of nitrogens with zero attached hydrogens (tertiary/aromatic N) is 5. The number of imidazole rings is 1. The average Bonchev–Trinajstić information content (AvgIpc) is 3.02. The van der Waals surface area contributed by atoms with Crippen LogP contribution in [0.15, 0.2) is 30.3 Å². The lowest BCUT2D eigenvalue weighted by Crippen LogP contribution is -2.17. The third kappa shape index (κ3) is 2.91. The van der Waals surface area contributed by atoms with Crippen molar-refractivity contribution in [3.05, 3.63) is 58.7 Å². The van der Waals surface area contributed by atoms with Gasteiger partial charge in [0.1, 0.15) is 5.65 Å². The van der Waals surface area contributed by atoms with E-state index < -0.39 is 0 Å². The molecule has 0 bridgehead atoms. The van der Waals surface area contributed by atoms with Gasteiger partial charge in [0.15, 0.2) is 0 Å². The minimum Gasteiger partial charge on any atom is -0.297 e. The highest BCUT2D eigenvalue weighted by Crippen LogP contribution is 2.35. The van der Waals surface area contributed by atoms with Crippen LogP contribution in [0, 0.1) is 17.9 Å². The van der Waals surface area contributed by atoms with E-state index in [1.165, 1.54) is 0 Å². The van der Waals surface area contributed by atoms with Crippen LogP contribution in [-0.2, 0) is 10.8 Å². The third-order valence-electron chi connectivity index (χ3n) is 5.23. The van der Waals surface area contributed by atoms with Gasteiger partial charge in [-0.05, 0) is 30.3 Å². The highest BCUT2D eigenvalue weighted by molar-refractivity contribution is 5.98. The molecule has 0 saturated heterocycles. The number of hydrogen-bond acceptors (Lipinski definition) is 3. The molecule has 0 N–H and O–H groups in total. The maximum Gasteiger partial charge on any atom is 0.206 e. The largest absolute Gasteiger partial charge is 0.297 e. The zero-order valence-electron chi connectivity index (χ0n) is 17.6. The van der Waals surface area contributed by atoms with Crippen molar-refractivity contribution < 1.29 is 0 Å². The molecule has 1 aromatic carbocycles. The van der Waals surface area contributed by atoms with Crippen LogP contribution in [0.2, 0.25) is 0 Å². The van der Waals surface area contributed by atoms with Crippen LogP contribution in [-0.4, -0.2) is 14.4 Å². The zero-order chi connectivity index (χ0) is 21.1. The van der Waals surface area contributed by atoms with E-state index in [0.717, 1.165) is 33.5 Å². The maximum absolute atomic E-state index is 9.41. The van der Waals surface area contributed by atoms with Crippen molar-refractivity contribution in [3.8, 4) is 6.07 Å². The topological polar surface area (TPSA) is 58.3 Å². The van der Waals surface area contributed by atoms with Crippen LogP contribution in [0.25, 0.3) is 32.4 Å². The van der Waals surface area contributed by atoms with Crippen LogP contribution in [0.1, 0.15) is 58.5 Å². The summed E-state index contributed by atoms with van der Waals surface area (Å²) >= 11 is 0. The number of rotatable bonds is 0. The summed E-state index contributed by atoms with van der Waals surface area (Å²) in [6.07, 6.45) is 0. The van der Waals surface area contributed by atoms with Crippen molar-refractivity contribution in [3.63, 3.8) is 0 Å². The van der Waals surface area contributed by atoms with Crippen molar-refractivity contribution in [2.45, 2.75) is 52.4 Å². The van der Waals surface area contributed by atoms with Gasteiger partial charge >= 0.3 is 0 Å². The Bertz CT molecular complexity index is 1380. The average molecular weight is 381 g/mol. The Labute approximate surface area is 170 Å². The Hall–Kier alpha value is -3.44. The molecule has 0 aliphatic rings.